The molecule has 4 nitrogen and oxygen atoms in total. The summed E-state index contributed by atoms with van der Waals surface area (Å²) in [4.78, 5) is 1.38. The second-order valence-electron chi connectivity index (χ2n) is 5.19. The summed E-state index contributed by atoms with van der Waals surface area (Å²) in [6.07, 6.45) is -2.97. The van der Waals surface area contributed by atoms with Crippen LogP contribution in [-0.4, -0.2) is 65.7 Å². The van der Waals surface area contributed by atoms with Gasteiger partial charge in [-0.15, -0.1) is 0 Å². The highest BCUT2D eigenvalue weighted by Crippen LogP contribution is 2.20. The zero-order valence-corrected chi connectivity index (χ0v) is 10.5. The number of nitrogens with zero attached hydrogens (tertiary/aromatic N) is 1. The summed E-state index contributed by atoms with van der Waals surface area (Å²) in [5.74, 6) is 0. The van der Waals surface area contributed by atoms with Crippen LogP contribution in [0.15, 0.2) is 0 Å². The molecule has 0 radical (unpaired) electrons. The molecule has 0 atom stereocenters. The quantitative estimate of drug-likeness (QED) is 0.674. The van der Waals surface area contributed by atoms with Gasteiger partial charge >= 0.3 is 6.18 Å². The van der Waals surface area contributed by atoms with Gasteiger partial charge in [-0.2, -0.15) is 13.2 Å². The Morgan fingerprint density at radius 1 is 1.17 bits per heavy atom. The van der Waals surface area contributed by atoms with Crippen LogP contribution in [0.2, 0.25) is 0 Å². The van der Waals surface area contributed by atoms with Crippen LogP contribution in [0.1, 0.15) is 19.8 Å². The lowest BCUT2D eigenvalue weighted by Crippen LogP contribution is -2.56. The van der Waals surface area contributed by atoms with E-state index in [0.29, 0.717) is 25.9 Å². The fourth-order valence-electron chi connectivity index (χ4n) is 2.12. The molecule has 1 saturated heterocycles. The van der Waals surface area contributed by atoms with E-state index in [2.05, 4.69) is 5.32 Å². The number of piperidine rings is 1. The van der Waals surface area contributed by atoms with E-state index >= 15 is 0 Å². The highest BCUT2D eigenvalue weighted by molar-refractivity contribution is 4.88. The maximum absolute atomic E-state index is 12.2. The fourth-order valence-corrected chi connectivity index (χ4v) is 2.12. The molecular formula is C11H21F3N2O2. The number of nitrogens with one attached hydrogen (secondary N) is 1. The minimum absolute atomic E-state index is 0.0405. The molecule has 0 bridgehead atoms. The Morgan fingerprint density at radius 3 is 2.06 bits per heavy atom. The van der Waals surface area contributed by atoms with E-state index in [0.717, 1.165) is 0 Å². The van der Waals surface area contributed by atoms with Crippen LogP contribution in [0.4, 0.5) is 13.2 Å². The Morgan fingerprint density at radius 2 is 1.67 bits per heavy atom. The van der Waals surface area contributed by atoms with Gasteiger partial charge in [0.2, 0.25) is 0 Å². The van der Waals surface area contributed by atoms with Crippen molar-refractivity contribution < 1.29 is 23.4 Å². The molecule has 0 amide bonds. The summed E-state index contributed by atoms with van der Waals surface area (Å²) in [6.45, 7) is 1.18. The summed E-state index contributed by atoms with van der Waals surface area (Å²) < 4.78 is 36.6. The molecule has 3 N–H and O–H groups in total. The van der Waals surface area contributed by atoms with E-state index in [-0.39, 0.29) is 19.3 Å². The van der Waals surface area contributed by atoms with Crippen molar-refractivity contribution in [2.24, 2.45) is 0 Å². The highest BCUT2D eigenvalue weighted by atomic mass is 19.4. The molecule has 0 aromatic heterocycles. The number of aliphatic hydroxyl groups excluding tert-OH is 2. The molecule has 1 rings (SSSR count). The first-order chi connectivity index (χ1) is 8.28. The molecule has 1 aliphatic rings. The van der Waals surface area contributed by atoms with Crippen molar-refractivity contribution in [2.45, 2.75) is 37.5 Å². The van der Waals surface area contributed by atoms with Crippen molar-refractivity contribution >= 4 is 0 Å². The first-order valence-corrected chi connectivity index (χ1v) is 6.06. The molecule has 7 heteroatoms. The molecule has 1 heterocycles. The molecule has 0 aliphatic carbocycles. The number of halogens is 3. The number of alkyl halides is 3. The summed E-state index contributed by atoms with van der Waals surface area (Å²) >= 11 is 0. The van der Waals surface area contributed by atoms with Gasteiger partial charge in [0, 0.05) is 6.04 Å². The SMILES string of the molecule is CC(CO)(CO)NC1CCN(CC(F)(F)F)CC1. The van der Waals surface area contributed by atoms with Crippen molar-refractivity contribution in [1.29, 1.82) is 0 Å². The molecular weight excluding hydrogens is 249 g/mol. The average molecular weight is 270 g/mol. The van der Waals surface area contributed by atoms with E-state index in [9.17, 15) is 13.2 Å². The van der Waals surface area contributed by atoms with Gasteiger partial charge < -0.3 is 15.5 Å². The fraction of sp³-hybridized carbons (Fsp3) is 1.00. The monoisotopic (exact) mass is 270 g/mol. The lowest BCUT2D eigenvalue weighted by atomic mass is 9.98. The zero-order chi connectivity index (χ0) is 13.8. The maximum atomic E-state index is 12.2. The van der Waals surface area contributed by atoms with Crippen molar-refractivity contribution in [3.05, 3.63) is 0 Å². The number of aliphatic hydroxyl groups is 2. The largest absolute Gasteiger partial charge is 0.401 e. The van der Waals surface area contributed by atoms with Crippen molar-refractivity contribution in [3.63, 3.8) is 0 Å². The standard InChI is InChI=1S/C11H21F3N2O2/c1-10(7-17,8-18)15-9-2-4-16(5-3-9)6-11(12,13)14/h9,15,17-18H,2-8H2,1H3. The second-order valence-corrected chi connectivity index (χ2v) is 5.19. The van der Waals surface area contributed by atoms with Crippen molar-refractivity contribution in [2.75, 3.05) is 32.8 Å². The molecule has 0 saturated carbocycles. The molecule has 108 valence electrons. The second kappa shape index (κ2) is 6.18. The molecule has 18 heavy (non-hydrogen) atoms. The predicted octanol–water partition coefficient (Wildman–Crippen LogP) is 0.346. The molecule has 0 unspecified atom stereocenters. The Bertz CT molecular complexity index is 249. The van der Waals surface area contributed by atoms with Gasteiger partial charge in [0.15, 0.2) is 0 Å². The predicted molar refractivity (Wildman–Crippen MR) is 61.2 cm³/mol. The topological polar surface area (TPSA) is 55.7 Å². The normalized spacial score (nSPS) is 20.3. The van der Waals surface area contributed by atoms with E-state index in [1.165, 1.54) is 4.90 Å². The Labute approximate surface area is 105 Å². The van der Waals surface area contributed by atoms with E-state index in [4.69, 9.17) is 10.2 Å². The summed E-state index contributed by atoms with van der Waals surface area (Å²) in [5.41, 5.74) is -0.767. The summed E-state index contributed by atoms with van der Waals surface area (Å²) in [5, 5.41) is 21.4. The minimum Gasteiger partial charge on any atom is -0.394 e. The van der Waals surface area contributed by atoms with Crippen LogP contribution in [0.25, 0.3) is 0 Å². The van der Waals surface area contributed by atoms with Gasteiger partial charge in [0.1, 0.15) is 0 Å². The molecule has 0 spiro atoms. The lowest BCUT2D eigenvalue weighted by molar-refractivity contribution is -0.148. The molecule has 1 aliphatic heterocycles. The number of likely N-dealkylation sites (tertiary alicyclic amines) is 1. The molecule has 0 aromatic rings. The zero-order valence-electron chi connectivity index (χ0n) is 10.5. The van der Waals surface area contributed by atoms with E-state index in [1.807, 2.05) is 0 Å². The van der Waals surface area contributed by atoms with Crippen LogP contribution in [0.3, 0.4) is 0 Å². The number of rotatable bonds is 5. The van der Waals surface area contributed by atoms with Crippen molar-refractivity contribution in [1.82, 2.24) is 10.2 Å². The van der Waals surface area contributed by atoms with E-state index in [1.54, 1.807) is 6.92 Å². The third kappa shape index (κ3) is 5.09. The van der Waals surface area contributed by atoms with Crippen LogP contribution < -0.4 is 5.32 Å². The maximum Gasteiger partial charge on any atom is 0.401 e. The van der Waals surface area contributed by atoms with Gasteiger partial charge in [-0.05, 0) is 32.9 Å². The highest BCUT2D eigenvalue weighted by Gasteiger charge is 2.34. The van der Waals surface area contributed by atoms with Gasteiger partial charge in [0.25, 0.3) is 0 Å². The first kappa shape index (κ1) is 15.7. The Hall–Kier alpha value is -0.370. The van der Waals surface area contributed by atoms with Gasteiger partial charge in [-0.25, -0.2) is 0 Å². The third-order valence-corrected chi connectivity index (χ3v) is 3.24. The number of hydrogen-bond acceptors (Lipinski definition) is 4. The van der Waals surface area contributed by atoms with Crippen LogP contribution in [0.5, 0.6) is 0 Å². The van der Waals surface area contributed by atoms with Crippen LogP contribution in [0, 0.1) is 0 Å². The Balaban J connectivity index is 2.35. The minimum atomic E-state index is -4.15. The number of hydrogen-bond donors (Lipinski definition) is 3. The van der Waals surface area contributed by atoms with Crippen LogP contribution >= 0.6 is 0 Å². The smallest absolute Gasteiger partial charge is 0.394 e. The third-order valence-electron chi connectivity index (χ3n) is 3.24. The van der Waals surface area contributed by atoms with Crippen LogP contribution in [-0.2, 0) is 0 Å². The first-order valence-electron chi connectivity index (χ1n) is 6.06. The summed E-state index contributed by atoms with van der Waals surface area (Å²) in [7, 11) is 0. The van der Waals surface area contributed by atoms with E-state index < -0.39 is 18.3 Å². The van der Waals surface area contributed by atoms with Crippen molar-refractivity contribution in [3.8, 4) is 0 Å². The average Bonchev–Trinajstić information content (AvgIpc) is 2.30. The lowest BCUT2D eigenvalue weighted by Gasteiger charge is -2.37. The molecule has 0 aromatic carbocycles. The van der Waals surface area contributed by atoms with Gasteiger partial charge in [-0.1, -0.05) is 0 Å². The molecule has 1 fully saturated rings. The Kier molecular flexibility index (Phi) is 5.39. The van der Waals surface area contributed by atoms with Gasteiger partial charge in [0.05, 0.1) is 25.3 Å². The van der Waals surface area contributed by atoms with Gasteiger partial charge in [-0.3, -0.25) is 4.90 Å². The summed E-state index contributed by atoms with van der Waals surface area (Å²) in [6, 6.07) is 0.0405.